The Kier molecular flexibility index (Phi) is 4.50. The standard InChI is InChI=1S/C20H21N3O3/c1-5-18(24)26-14-10-13(19(25)15(11-14)20(2,3)4)12-23-21-16-8-6-7-9-17(16)22-23/h5-11,25H,1,12H2,2-4H3. The molecule has 2 aromatic carbocycles. The quantitative estimate of drug-likeness (QED) is 0.442. The molecule has 0 unspecified atom stereocenters. The highest BCUT2D eigenvalue weighted by Crippen LogP contribution is 2.37. The summed E-state index contributed by atoms with van der Waals surface area (Å²) >= 11 is 0. The van der Waals surface area contributed by atoms with Gasteiger partial charge in [0.25, 0.3) is 0 Å². The second-order valence-corrected chi connectivity index (χ2v) is 7.07. The maximum absolute atomic E-state index is 11.6. The molecule has 0 aliphatic rings. The lowest BCUT2D eigenvalue weighted by molar-refractivity contribution is -0.128. The molecule has 6 nitrogen and oxygen atoms in total. The van der Waals surface area contributed by atoms with Crippen molar-refractivity contribution in [2.45, 2.75) is 32.7 Å². The van der Waals surface area contributed by atoms with Crippen molar-refractivity contribution in [1.29, 1.82) is 0 Å². The van der Waals surface area contributed by atoms with E-state index in [1.807, 2.05) is 45.0 Å². The Bertz CT molecular complexity index is 951. The first-order valence-electron chi connectivity index (χ1n) is 8.28. The van der Waals surface area contributed by atoms with E-state index in [1.165, 1.54) is 4.80 Å². The largest absolute Gasteiger partial charge is 0.507 e. The number of hydrogen-bond donors (Lipinski definition) is 1. The van der Waals surface area contributed by atoms with Crippen LogP contribution in [-0.4, -0.2) is 26.1 Å². The molecule has 3 aromatic rings. The zero-order chi connectivity index (χ0) is 18.9. The minimum Gasteiger partial charge on any atom is -0.507 e. The van der Waals surface area contributed by atoms with Crippen molar-refractivity contribution in [2.75, 3.05) is 0 Å². The number of hydrogen-bond acceptors (Lipinski definition) is 5. The topological polar surface area (TPSA) is 77.2 Å². The molecule has 26 heavy (non-hydrogen) atoms. The number of phenols is 1. The molecule has 1 heterocycles. The summed E-state index contributed by atoms with van der Waals surface area (Å²) in [6, 6.07) is 10.8. The van der Waals surface area contributed by atoms with Gasteiger partial charge in [0.15, 0.2) is 0 Å². The predicted octanol–water partition coefficient (Wildman–Crippen LogP) is 3.57. The number of aromatic hydroxyl groups is 1. The van der Waals surface area contributed by atoms with Gasteiger partial charge in [-0.15, -0.1) is 0 Å². The van der Waals surface area contributed by atoms with Gasteiger partial charge in [-0.2, -0.15) is 15.0 Å². The molecular weight excluding hydrogens is 330 g/mol. The molecule has 0 atom stereocenters. The molecule has 0 saturated heterocycles. The van der Waals surface area contributed by atoms with Gasteiger partial charge in [0.2, 0.25) is 0 Å². The monoisotopic (exact) mass is 351 g/mol. The zero-order valence-corrected chi connectivity index (χ0v) is 15.1. The lowest BCUT2D eigenvalue weighted by Crippen LogP contribution is -2.14. The van der Waals surface area contributed by atoms with E-state index in [9.17, 15) is 9.90 Å². The molecule has 0 bridgehead atoms. The Balaban J connectivity index is 2.04. The first-order valence-corrected chi connectivity index (χ1v) is 8.28. The zero-order valence-electron chi connectivity index (χ0n) is 15.1. The lowest BCUT2D eigenvalue weighted by Gasteiger charge is -2.23. The number of fused-ring (bicyclic) bond motifs is 1. The average molecular weight is 351 g/mol. The fourth-order valence-electron chi connectivity index (χ4n) is 2.70. The summed E-state index contributed by atoms with van der Waals surface area (Å²) in [4.78, 5) is 13.1. The molecule has 0 saturated carbocycles. The van der Waals surface area contributed by atoms with E-state index in [2.05, 4.69) is 16.8 Å². The van der Waals surface area contributed by atoms with Gasteiger partial charge < -0.3 is 9.84 Å². The van der Waals surface area contributed by atoms with E-state index in [0.29, 0.717) is 16.9 Å². The third-order valence-corrected chi connectivity index (χ3v) is 4.00. The molecular formula is C20H21N3O3. The molecule has 1 N–H and O–H groups in total. The summed E-state index contributed by atoms with van der Waals surface area (Å²) in [7, 11) is 0. The molecule has 134 valence electrons. The van der Waals surface area contributed by atoms with Crippen molar-refractivity contribution in [2.24, 2.45) is 0 Å². The highest BCUT2D eigenvalue weighted by atomic mass is 16.5. The van der Waals surface area contributed by atoms with E-state index in [-0.39, 0.29) is 17.7 Å². The number of phenolic OH excluding ortho intramolecular Hbond substituents is 1. The van der Waals surface area contributed by atoms with Gasteiger partial charge in [0, 0.05) is 17.2 Å². The Morgan fingerprint density at radius 1 is 1.23 bits per heavy atom. The maximum atomic E-state index is 11.6. The molecule has 0 aliphatic heterocycles. The number of esters is 1. The van der Waals surface area contributed by atoms with Gasteiger partial charge >= 0.3 is 5.97 Å². The van der Waals surface area contributed by atoms with Crippen molar-refractivity contribution < 1.29 is 14.6 Å². The fourth-order valence-corrected chi connectivity index (χ4v) is 2.70. The van der Waals surface area contributed by atoms with Crippen molar-refractivity contribution >= 4 is 17.0 Å². The van der Waals surface area contributed by atoms with E-state index < -0.39 is 5.97 Å². The van der Waals surface area contributed by atoms with Crippen LogP contribution in [0.5, 0.6) is 11.5 Å². The first kappa shape index (κ1) is 17.7. The predicted molar refractivity (Wildman–Crippen MR) is 99.3 cm³/mol. The third-order valence-electron chi connectivity index (χ3n) is 4.00. The number of ether oxygens (including phenoxy) is 1. The number of nitrogens with zero attached hydrogens (tertiary/aromatic N) is 3. The van der Waals surface area contributed by atoms with E-state index in [1.54, 1.807) is 12.1 Å². The SMILES string of the molecule is C=CC(=O)Oc1cc(Cn2nc3ccccc3n2)c(O)c(C(C)(C)C)c1. The van der Waals surface area contributed by atoms with Crippen molar-refractivity contribution in [3.63, 3.8) is 0 Å². The average Bonchev–Trinajstić information content (AvgIpc) is 2.98. The van der Waals surface area contributed by atoms with E-state index in [0.717, 1.165) is 17.1 Å². The Morgan fingerprint density at radius 3 is 2.38 bits per heavy atom. The van der Waals surface area contributed by atoms with Crippen LogP contribution in [0.25, 0.3) is 11.0 Å². The Morgan fingerprint density at radius 2 is 1.85 bits per heavy atom. The van der Waals surface area contributed by atoms with E-state index in [4.69, 9.17) is 4.74 Å². The molecule has 6 heteroatoms. The molecule has 0 radical (unpaired) electrons. The molecule has 0 aliphatic carbocycles. The minimum absolute atomic E-state index is 0.150. The first-order chi connectivity index (χ1) is 12.3. The van der Waals surface area contributed by atoms with E-state index >= 15 is 0 Å². The van der Waals surface area contributed by atoms with Gasteiger partial charge in [0.05, 0.1) is 6.54 Å². The molecule has 0 fully saturated rings. The molecule has 3 rings (SSSR count). The fraction of sp³-hybridized carbons (Fsp3) is 0.250. The van der Waals surface area contributed by atoms with Crippen LogP contribution in [-0.2, 0) is 16.8 Å². The van der Waals surface area contributed by atoms with Crippen LogP contribution in [0.1, 0.15) is 31.9 Å². The van der Waals surface area contributed by atoms with Crippen LogP contribution in [0.4, 0.5) is 0 Å². The van der Waals surface area contributed by atoms with Gasteiger partial charge in [-0.25, -0.2) is 4.79 Å². The van der Waals surface area contributed by atoms with Crippen LogP contribution >= 0.6 is 0 Å². The summed E-state index contributed by atoms with van der Waals surface area (Å²) in [5, 5.41) is 19.6. The van der Waals surface area contributed by atoms with Gasteiger partial charge in [0.1, 0.15) is 22.5 Å². The third kappa shape index (κ3) is 3.59. The number of carbonyl (C=O) groups excluding carboxylic acids is 1. The smallest absolute Gasteiger partial charge is 0.335 e. The normalized spacial score (nSPS) is 11.5. The number of carbonyl (C=O) groups is 1. The van der Waals surface area contributed by atoms with Crippen LogP contribution in [0, 0.1) is 0 Å². The second kappa shape index (κ2) is 6.63. The summed E-state index contributed by atoms with van der Waals surface area (Å²) in [6.07, 6.45) is 1.10. The van der Waals surface area contributed by atoms with Crippen LogP contribution in [0.3, 0.4) is 0 Å². The number of rotatable bonds is 4. The highest BCUT2D eigenvalue weighted by molar-refractivity contribution is 5.83. The lowest BCUT2D eigenvalue weighted by atomic mass is 9.85. The molecule has 0 amide bonds. The second-order valence-electron chi connectivity index (χ2n) is 7.07. The number of aromatic nitrogens is 3. The van der Waals surface area contributed by atoms with Gasteiger partial charge in [-0.3, -0.25) is 0 Å². The number of benzene rings is 2. The van der Waals surface area contributed by atoms with Crippen LogP contribution in [0.2, 0.25) is 0 Å². The van der Waals surface area contributed by atoms with Crippen molar-refractivity contribution in [1.82, 2.24) is 15.0 Å². The highest BCUT2D eigenvalue weighted by Gasteiger charge is 2.23. The minimum atomic E-state index is -0.551. The summed E-state index contributed by atoms with van der Waals surface area (Å²) < 4.78 is 5.27. The van der Waals surface area contributed by atoms with Crippen molar-refractivity contribution in [3.05, 3.63) is 60.2 Å². The summed E-state index contributed by atoms with van der Waals surface area (Å²) in [5.74, 6) is -0.0500. The Labute approximate surface area is 151 Å². The van der Waals surface area contributed by atoms with Crippen LogP contribution < -0.4 is 4.74 Å². The maximum Gasteiger partial charge on any atom is 0.335 e. The van der Waals surface area contributed by atoms with Crippen LogP contribution in [0.15, 0.2) is 49.1 Å². The molecule has 1 aromatic heterocycles. The Hall–Kier alpha value is -3.15. The van der Waals surface area contributed by atoms with Crippen molar-refractivity contribution in [3.8, 4) is 11.5 Å². The van der Waals surface area contributed by atoms with Gasteiger partial charge in [-0.1, -0.05) is 39.5 Å². The summed E-state index contributed by atoms with van der Waals surface area (Å²) in [5.41, 5.74) is 2.47. The summed E-state index contributed by atoms with van der Waals surface area (Å²) in [6.45, 7) is 9.60. The van der Waals surface area contributed by atoms with Gasteiger partial charge in [-0.05, 0) is 29.7 Å². The molecule has 0 spiro atoms.